The Kier molecular flexibility index (Phi) is 4.13. The second-order valence-corrected chi connectivity index (χ2v) is 7.58. The van der Waals surface area contributed by atoms with E-state index in [0.29, 0.717) is 0 Å². The molecule has 0 saturated heterocycles. The second kappa shape index (κ2) is 5.55. The maximum Gasteiger partial charge on any atom is 0.128 e. The minimum Gasteiger partial charge on any atom is -0.457 e. The smallest absolute Gasteiger partial charge is 0.128 e. The molecular weight excluding hydrogens is 256 g/mol. The van der Waals surface area contributed by atoms with Gasteiger partial charge in [0.15, 0.2) is 0 Å². The van der Waals surface area contributed by atoms with E-state index in [2.05, 4.69) is 65.8 Å². The first-order valence-corrected chi connectivity index (χ1v) is 7.46. The van der Waals surface area contributed by atoms with Crippen molar-refractivity contribution >= 4 is 0 Å². The van der Waals surface area contributed by atoms with Crippen LogP contribution >= 0.6 is 0 Å². The molecule has 0 heterocycles. The van der Waals surface area contributed by atoms with Crippen LogP contribution < -0.4 is 4.74 Å². The first-order chi connectivity index (χ1) is 9.66. The van der Waals surface area contributed by atoms with Crippen molar-refractivity contribution in [3.8, 4) is 11.5 Å². The first kappa shape index (κ1) is 15.6. The summed E-state index contributed by atoms with van der Waals surface area (Å²) in [5.41, 5.74) is 2.80. The zero-order valence-corrected chi connectivity index (χ0v) is 13.9. The van der Waals surface area contributed by atoms with Gasteiger partial charge in [-0.05, 0) is 52.3 Å². The van der Waals surface area contributed by atoms with Crippen molar-refractivity contribution in [1.82, 2.24) is 0 Å². The van der Waals surface area contributed by atoms with Crippen LogP contribution in [0.2, 0.25) is 0 Å². The van der Waals surface area contributed by atoms with Gasteiger partial charge in [0.05, 0.1) is 0 Å². The Balaban J connectivity index is 2.45. The zero-order valence-electron chi connectivity index (χ0n) is 13.9. The highest BCUT2D eigenvalue weighted by atomic mass is 16.5. The maximum absolute atomic E-state index is 6.03. The predicted molar refractivity (Wildman–Crippen MR) is 89.2 cm³/mol. The van der Waals surface area contributed by atoms with E-state index in [1.165, 1.54) is 11.1 Å². The lowest BCUT2D eigenvalue weighted by atomic mass is 9.80. The molecule has 0 aliphatic carbocycles. The SMILES string of the molecule is CC(C)(C)c1cc(Oc2cc[c]cc2)cc(C(C)(C)C)c1. The minimum absolute atomic E-state index is 0.101. The topological polar surface area (TPSA) is 9.23 Å². The summed E-state index contributed by atoms with van der Waals surface area (Å²) in [5, 5.41) is 0. The number of ether oxygens (including phenoxy) is 1. The minimum atomic E-state index is 0.101. The molecule has 0 aliphatic rings. The molecule has 0 amide bonds. The molecule has 0 N–H and O–H groups in total. The van der Waals surface area contributed by atoms with E-state index in [4.69, 9.17) is 4.74 Å². The van der Waals surface area contributed by atoms with Crippen LogP contribution in [0.25, 0.3) is 0 Å². The Morgan fingerprint density at radius 2 is 1.19 bits per heavy atom. The van der Waals surface area contributed by atoms with E-state index in [1.807, 2.05) is 24.3 Å². The van der Waals surface area contributed by atoms with Gasteiger partial charge in [-0.1, -0.05) is 59.7 Å². The number of hydrogen-bond donors (Lipinski definition) is 0. The summed E-state index contributed by atoms with van der Waals surface area (Å²) >= 11 is 0. The molecule has 0 aromatic heterocycles. The monoisotopic (exact) mass is 281 g/mol. The molecule has 2 aromatic rings. The fourth-order valence-electron chi connectivity index (χ4n) is 2.10. The normalized spacial score (nSPS) is 12.3. The highest BCUT2D eigenvalue weighted by molar-refractivity contribution is 5.42. The Morgan fingerprint density at radius 3 is 1.62 bits per heavy atom. The largest absolute Gasteiger partial charge is 0.457 e. The van der Waals surface area contributed by atoms with Gasteiger partial charge in [0.25, 0.3) is 0 Å². The van der Waals surface area contributed by atoms with Crippen LogP contribution in [0, 0.1) is 6.07 Å². The summed E-state index contributed by atoms with van der Waals surface area (Å²) < 4.78 is 6.03. The molecule has 2 rings (SSSR count). The van der Waals surface area contributed by atoms with Crippen molar-refractivity contribution in [2.24, 2.45) is 0 Å². The summed E-state index contributed by atoms with van der Waals surface area (Å²) in [6.45, 7) is 13.4. The van der Waals surface area contributed by atoms with E-state index in [9.17, 15) is 0 Å². The summed E-state index contributed by atoms with van der Waals surface area (Å²) in [4.78, 5) is 0. The molecule has 0 bridgehead atoms. The summed E-state index contributed by atoms with van der Waals surface area (Å²) in [6.07, 6.45) is 0. The maximum atomic E-state index is 6.03. The molecular formula is C20H25O. The molecule has 0 atom stereocenters. The van der Waals surface area contributed by atoms with Crippen LogP contribution in [-0.4, -0.2) is 0 Å². The lowest BCUT2D eigenvalue weighted by Crippen LogP contribution is -2.16. The molecule has 0 fully saturated rings. The third-order valence-corrected chi connectivity index (χ3v) is 3.56. The quantitative estimate of drug-likeness (QED) is 0.668. The van der Waals surface area contributed by atoms with Gasteiger partial charge < -0.3 is 4.74 Å². The van der Waals surface area contributed by atoms with Crippen LogP contribution in [0.15, 0.2) is 42.5 Å². The van der Waals surface area contributed by atoms with Gasteiger partial charge in [0.1, 0.15) is 11.5 Å². The third kappa shape index (κ3) is 4.10. The van der Waals surface area contributed by atoms with Crippen LogP contribution in [0.4, 0.5) is 0 Å². The van der Waals surface area contributed by atoms with Gasteiger partial charge in [-0.2, -0.15) is 0 Å². The third-order valence-electron chi connectivity index (χ3n) is 3.56. The predicted octanol–water partition coefficient (Wildman–Crippen LogP) is 5.87. The molecule has 111 valence electrons. The molecule has 1 heteroatoms. The van der Waals surface area contributed by atoms with Gasteiger partial charge in [-0.25, -0.2) is 0 Å². The van der Waals surface area contributed by atoms with Crippen molar-refractivity contribution in [3.63, 3.8) is 0 Å². The molecule has 0 unspecified atom stereocenters. The van der Waals surface area contributed by atoms with E-state index in [-0.39, 0.29) is 10.8 Å². The lowest BCUT2D eigenvalue weighted by Gasteiger charge is -2.26. The van der Waals surface area contributed by atoms with Gasteiger partial charge in [-0.3, -0.25) is 0 Å². The Morgan fingerprint density at radius 1 is 0.714 bits per heavy atom. The van der Waals surface area contributed by atoms with Crippen molar-refractivity contribution in [2.45, 2.75) is 52.4 Å². The lowest BCUT2D eigenvalue weighted by molar-refractivity contribution is 0.473. The number of hydrogen-bond acceptors (Lipinski definition) is 1. The molecule has 1 nitrogen and oxygen atoms in total. The van der Waals surface area contributed by atoms with E-state index in [0.717, 1.165) is 11.5 Å². The van der Waals surface area contributed by atoms with Gasteiger partial charge in [0, 0.05) is 0 Å². The average molecular weight is 281 g/mol. The fourth-order valence-corrected chi connectivity index (χ4v) is 2.10. The van der Waals surface area contributed by atoms with E-state index >= 15 is 0 Å². The van der Waals surface area contributed by atoms with E-state index < -0.39 is 0 Å². The molecule has 0 aliphatic heterocycles. The van der Waals surface area contributed by atoms with Crippen LogP contribution in [0.1, 0.15) is 52.7 Å². The standard InChI is InChI=1S/C20H25O/c1-19(2,3)15-12-16(20(4,5)6)14-18(13-15)21-17-10-8-7-9-11-17/h8-14H,1-6H3. The zero-order chi connectivity index (χ0) is 15.7. The number of benzene rings is 2. The Labute approximate surface area is 129 Å². The molecule has 0 saturated carbocycles. The van der Waals surface area contributed by atoms with E-state index in [1.54, 1.807) is 0 Å². The van der Waals surface area contributed by atoms with Crippen molar-refractivity contribution in [2.75, 3.05) is 0 Å². The van der Waals surface area contributed by atoms with Crippen LogP contribution in [0.5, 0.6) is 11.5 Å². The Hall–Kier alpha value is -1.76. The molecule has 1 radical (unpaired) electrons. The van der Waals surface area contributed by atoms with Crippen molar-refractivity contribution in [3.05, 3.63) is 59.7 Å². The fraction of sp³-hybridized carbons (Fsp3) is 0.400. The second-order valence-electron chi connectivity index (χ2n) is 7.58. The van der Waals surface area contributed by atoms with Crippen molar-refractivity contribution < 1.29 is 4.74 Å². The average Bonchev–Trinajstić information content (AvgIpc) is 2.37. The number of rotatable bonds is 2. The molecule has 0 spiro atoms. The van der Waals surface area contributed by atoms with Gasteiger partial charge >= 0.3 is 0 Å². The first-order valence-electron chi connectivity index (χ1n) is 7.46. The summed E-state index contributed by atoms with van der Waals surface area (Å²) in [5.74, 6) is 1.75. The molecule has 21 heavy (non-hydrogen) atoms. The van der Waals surface area contributed by atoms with Gasteiger partial charge in [-0.15, -0.1) is 0 Å². The van der Waals surface area contributed by atoms with Gasteiger partial charge in [0.2, 0.25) is 0 Å². The van der Waals surface area contributed by atoms with Crippen LogP contribution in [-0.2, 0) is 10.8 Å². The molecule has 2 aromatic carbocycles. The highest BCUT2D eigenvalue weighted by Gasteiger charge is 2.21. The summed E-state index contributed by atoms with van der Waals surface area (Å²) in [6, 6.07) is 17.2. The Bertz CT molecular complexity index is 566. The highest BCUT2D eigenvalue weighted by Crippen LogP contribution is 2.34. The van der Waals surface area contributed by atoms with Crippen LogP contribution in [0.3, 0.4) is 0 Å². The summed E-state index contributed by atoms with van der Waals surface area (Å²) in [7, 11) is 0. The van der Waals surface area contributed by atoms with Crippen molar-refractivity contribution in [1.29, 1.82) is 0 Å².